The monoisotopic (exact) mass is 302 g/mol. The summed E-state index contributed by atoms with van der Waals surface area (Å²) >= 11 is 0. The third-order valence-corrected chi connectivity index (χ3v) is 5.00. The fraction of sp³-hybridized carbons (Fsp3) is 0.857. The molecule has 2 amide bonds. The summed E-state index contributed by atoms with van der Waals surface area (Å²) in [6.45, 7) is 6.27. The average molecular weight is 302 g/mol. The van der Waals surface area contributed by atoms with Crippen molar-refractivity contribution in [1.29, 1.82) is 0 Å². The Morgan fingerprint density at radius 3 is 2.45 bits per heavy atom. The molecule has 1 N–H and O–H groups in total. The van der Waals surface area contributed by atoms with E-state index in [1.165, 1.54) is 0 Å². The van der Waals surface area contributed by atoms with Gasteiger partial charge in [-0.15, -0.1) is 0 Å². The van der Waals surface area contributed by atoms with Gasteiger partial charge >= 0.3 is 0 Å². The number of hydrogen-bond acceptors (Lipinski definition) is 3. The first-order valence-electron chi connectivity index (χ1n) is 7.28. The Morgan fingerprint density at radius 1 is 1.35 bits per heavy atom. The molecule has 0 aromatic heterocycles. The van der Waals surface area contributed by atoms with Crippen molar-refractivity contribution in [3.8, 4) is 0 Å². The van der Waals surface area contributed by atoms with Crippen LogP contribution in [0.2, 0.25) is 0 Å². The molecule has 1 rings (SSSR count). The van der Waals surface area contributed by atoms with Crippen molar-refractivity contribution in [3.63, 3.8) is 0 Å². The van der Waals surface area contributed by atoms with Crippen molar-refractivity contribution in [3.05, 3.63) is 0 Å². The van der Waals surface area contributed by atoms with Crippen LogP contribution in [0, 0.1) is 0 Å². The smallest absolute Gasteiger partial charge is 0.248 e. The number of carbonyl (C=O) groups is 2. The van der Waals surface area contributed by atoms with Crippen molar-refractivity contribution < 1.29 is 13.8 Å². The number of rotatable bonds is 6. The maximum Gasteiger partial charge on any atom is 0.248 e. The molecule has 0 spiro atoms. The van der Waals surface area contributed by atoms with E-state index in [0.717, 1.165) is 0 Å². The lowest BCUT2D eigenvalue weighted by molar-refractivity contribution is -0.141. The minimum atomic E-state index is -0.856. The van der Waals surface area contributed by atoms with Gasteiger partial charge < -0.3 is 10.2 Å². The first-order valence-corrected chi connectivity index (χ1v) is 9.01. The summed E-state index contributed by atoms with van der Waals surface area (Å²) in [5, 5.41) is 2.90. The van der Waals surface area contributed by atoms with Gasteiger partial charge in [0.05, 0.1) is 0 Å². The third kappa shape index (κ3) is 3.81. The normalized spacial score (nSPS) is 22.1. The van der Waals surface area contributed by atoms with Gasteiger partial charge in [0.25, 0.3) is 0 Å². The molecule has 116 valence electrons. The molecular formula is C14H26N2O3S. The van der Waals surface area contributed by atoms with Crippen molar-refractivity contribution in [2.45, 2.75) is 58.0 Å². The second-order valence-corrected chi connectivity index (χ2v) is 7.06. The van der Waals surface area contributed by atoms with E-state index < -0.39 is 16.3 Å². The van der Waals surface area contributed by atoms with Gasteiger partial charge in [0, 0.05) is 41.8 Å². The molecule has 1 aliphatic rings. The molecule has 0 saturated carbocycles. The van der Waals surface area contributed by atoms with Gasteiger partial charge in [0.15, 0.2) is 0 Å². The minimum absolute atomic E-state index is 0.00253. The van der Waals surface area contributed by atoms with E-state index in [1.807, 2.05) is 20.8 Å². The fourth-order valence-corrected chi connectivity index (χ4v) is 3.30. The summed E-state index contributed by atoms with van der Waals surface area (Å²) < 4.78 is 11.2. The molecular weight excluding hydrogens is 276 g/mol. The first kappa shape index (κ1) is 17.1. The number of nitrogens with zero attached hydrogens (tertiary/aromatic N) is 1. The van der Waals surface area contributed by atoms with Crippen molar-refractivity contribution >= 4 is 22.6 Å². The molecule has 2 atom stereocenters. The predicted molar refractivity (Wildman–Crippen MR) is 80.8 cm³/mol. The molecule has 0 bridgehead atoms. The van der Waals surface area contributed by atoms with Crippen LogP contribution < -0.4 is 5.32 Å². The summed E-state index contributed by atoms with van der Waals surface area (Å²) in [5.41, 5.74) is -0.771. The number of amides is 2. The molecule has 0 aromatic rings. The maximum absolute atomic E-state index is 12.8. The molecule has 1 aliphatic heterocycles. The molecule has 5 nitrogen and oxygen atoms in total. The number of nitrogens with one attached hydrogen (secondary N) is 1. The van der Waals surface area contributed by atoms with E-state index in [0.29, 0.717) is 38.0 Å². The highest BCUT2D eigenvalue weighted by atomic mass is 32.2. The van der Waals surface area contributed by atoms with E-state index >= 15 is 0 Å². The molecule has 1 heterocycles. The molecule has 0 radical (unpaired) electrons. The first-order chi connectivity index (χ1) is 9.36. The largest absolute Gasteiger partial charge is 0.342 e. The molecule has 0 aromatic carbocycles. The Labute approximate surface area is 123 Å². The Morgan fingerprint density at radius 2 is 1.95 bits per heavy atom. The average Bonchev–Trinajstić information content (AvgIpc) is 2.54. The van der Waals surface area contributed by atoms with Crippen LogP contribution in [0.5, 0.6) is 0 Å². The van der Waals surface area contributed by atoms with Crippen LogP contribution in [-0.2, 0) is 20.4 Å². The van der Waals surface area contributed by atoms with Crippen molar-refractivity contribution in [2.75, 3.05) is 18.6 Å². The van der Waals surface area contributed by atoms with Crippen LogP contribution in [-0.4, -0.2) is 51.1 Å². The Bertz CT molecular complexity index is 394. The molecule has 1 fully saturated rings. The van der Waals surface area contributed by atoms with Gasteiger partial charge in [-0.05, 0) is 26.2 Å². The zero-order valence-electron chi connectivity index (χ0n) is 12.9. The van der Waals surface area contributed by atoms with Crippen molar-refractivity contribution in [2.24, 2.45) is 0 Å². The van der Waals surface area contributed by atoms with Crippen LogP contribution in [0.25, 0.3) is 0 Å². The summed E-state index contributed by atoms with van der Waals surface area (Å²) in [5.74, 6) is 0.524. The Hall–Kier alpha value is -0.910. The second kappa shape index (κ2) is 7.20. The van der Waals surface area contributed by atoms with Crippen molar-refractivity contribution in [1.82, 2.24) is 10.2 Å². The van der Waals surface area contributed by atoms with Gasteiger partial charge in [0.1, 0.15) is 5.54 Å². The van der Waals surface area contributed by atoms with Gasteiger partial charge in [-0.2, -0.15) is 0 Å². The lowest BCUT2D eigenvalue weighted by Gasteiger charge is -2.36. The zero-order chi connectivity index (χ0) is 15.3. The predicted octanol–water partition coefficient (Wildman–Crippen LogP) is 1.05. The van der Waals surface area contributed by atoms with E-state index in [4.69, 9.17) is 0 Å². The molecule has 20 heavy (non-hydrogen) atoms. The van der Waals surface area contributed by atoms with E-state index in [1.54, 1.807) is 11.2 Å². The van der Waals surface area contributed by atoms with Gasteiger partial charge in [0.2, 0.25) is 11.8 Å². The Kier molecular flexibility index (Phi) is 6.17. The minimum Gasteiger partial charge on any atom is -0.342 e. The Balaban J connectivity index is 2.92. The van der Waals surface area contributed by atoms with E-state index in [2.05, 4.69) is 5.32 Å². The molecule has 2 unspecified atom stereocenters. The van der Waals surface area contributed by atoms with E-state index in [-0.39, 0.29) is 17.9 Å². The summed E-state index contributed by atoms with van der Waals surface area (Å²) in [7, 11) is -0.856. The van der Waals surface area contributed by atoms with Crippen LogP contribution in [0.3, 0.4) is 0 Å². The highest BCUT2D eigenvalue weighted by Crippen LogP contribution is 2.24. The lowest BCUT2D eigenvalue weighted by Crippen LogP contribution is -2.58. The van der Waals surface area contributed by atoms with Gasteiger partial charge in [-0.1, -0.05) is 13.8 Å². The van der Waals surface area contributed by atoms with E-state index in [9.17, 15) is 13.8 Å². The standard InChI is InChI=1S/C14H26N2O3S/c1-5-14(6-2)13(18)16(9-7-12(17)15-14)11(3)8-10-20(4)19/h11H,5-10H2,1-4H3,(H,15,17). The van der Waals surface area contributed by atoms with Crippen LogP contribution in [0.4, 0.5) is 0 Å². The van der Waals surface area contributed by atoms with Gasteiger partial charge in [-0.25, -0.2) is 0 Å². The topological polar surface area (TPSA) is 66.5 Å². The SMILES string of the molecule is CCC1(CC)NC(=O)CCN(C(C)CCS(C)=O)C1=O. The zero-order valence-corrected chi connectivity index (χ0v) is 13.7. The molecule has 6 heteroatoms. The summed E-state index contributed by atoms with van der Waals surface area (Å²) in [6, 6.07) is 0.0107. The number of hydrogen-bond donors (Lipinski definition) is 1. The maximum atomic E-state index is 12.8. The summed E-state index contributed by atoms with van der Waals surface area (Å²) in [4.78, 5) is 26.4. The second-order valence-electron chi connectivity index (χ2n) is 5.50. The van der Waals surface area contributed by atoms with Gasteiger partial charge in [-0.3, -0.25) is 13.8 Å². The molecule has 0 aliphatic carbocycles. The third-order valence-electron chi connectivity index (χ3n) is 4.19. The van der Waals surface area contributed by atoms with Crippen LogP contribution >= 0.6 is 0 Å². The highest BCUT2D eigenvalue weighted by molar-refractivity contribution is 7.84. The quantitative estimate of drug-likeness (QED) is 0.797. The number of carbonyl (C=O) groups excluding carboxylic acids is 2. The summed E-state index contributed by atoms with van der Waals surface area (Å²) in [6.07, 6.45) is 3.90. The lowest BCUT2D eigenvalue weighted by atomic mass is 9.90. The van der Waals surface area contributed by atoms with Crippen LogP contribution in [0.15, 0.2) is 0 Å². The fourth-order valence-electron chi connectivity index (χ4n) is 2.62. The highest BCUT2D eigenvalue weighted by Gasteiger charge is 2.42. The molecule has 1 saturated heterocycles. The van der Waals surface area contributed by atoms with Crippen LogP contribution in [0.1, 0.15) is 46.5 Å².